The van der Waals surface area contributed by atoms with Crippen LogP contribution in [-0.4, -0.2) is 18.3 Å². The van der Waals surface area contributed by atoms with Gasteiger partial charge in [-0.05, 0) is 12.1 Å². The molecule has 0 spiro atoms. The van der Waals surface area contributed by atoms with E-state index in [9.17, 15) is 5.11 Å². The molecule has 0 saturated heterocycles. The van der Waals surface area contributed by atoms with Gasteiger partial charge in [0.25, 0.3) is 0 Å². The van der Waals surface area contributed by atoms with E-state index in [0.29, 0.717) is 24.7 Å². The molecule has 0 aliphatic carbocycles. The summed E-state index contributed by atoms with van der Waals surface area (Å²) in [5.74, 6) is 0.772. The Morgan fingerprint density at radius 2 is 1.53 bits per heavy atom. The average Bonchev–Trinajstić information content (AvgIpc) is 2.26. The minimum atomic E-state index is 0.00111. The lowest BCUT2D eigenvalue weighted by molar-refractivity contribution is 0.306. The third-order valence-corrected chi connectivity index (χ3v) is 1.68. The highest BCUT2D eigenvalue weighted by Crippen LogP contribution is 2.35. The number of hydrogen-bond donors (Lipinski definition) is 1. The van der Waals surface area contributed by atoms with E-state index in [1.807, 2.05) is 0 Å². The highest BCUT2D eigenvalue weighted by atomic mass is 16.5. The number of phenolic OH excluding ortho intramolecular Hbond substituents is 1. The molecule has 1 aromatic rings. The van der Waals surface area contributed by atoms with E-state index < -0.39 is 0 Å². The van der Waals surface area contributed by atoms with Crippen molar-refractivity contribution in [2.24, 2.45) is 0 Å². The topological polar surface area (TPSA) is 38.7 Å². The zero-order valence-electron chi connectivity index (χ0n) is 8.48. The number of para-hydroxylation sites is 1. The molecule has 0 amide bonds. The van der Waals surface area contributed by atoms with Crippen LogP contribution in [0.3, 0.4) is 0 Å². The smallest absolute Gasteiger partial charge is 0.200 e. The number of rotatable bonds is 6. The van der Waals surface area contributed by atoms with Gasteiger partial charge in [0.05, 0.1) is 0 Å². The highest BCUT2D eigenvalue weighted by Gasteiger charge is 2.07. The summed E-state index contributed by atoms with van der Waals surface area (Å²) in [4.78, 5) is 0. The van der Waals surface area contributed by atoms with Crippen molar-refractivity contribution in [3.63, 3.8) is 0 Å². The normalized spacial score (nSPS) is 9.33. The summed E-state index contributed by atoms with van der Waals surface area (Å²) in [5.41, 5.74) is 0. The Morgan fingerprint density at radius 3 is 1.93 bits per heavy atom. The molecule has 80 valence electrons. The van der Waals surface area contributed by atoms with E-state index >= 15 is 0 Å². The predicted molar refractivity (Wildman–Crippen MR) is 59.5 cm³/mol. The zero-order chi connectivity index (χ0) is 11.1. The maximum atomic E-state index is 9.72. The molecular formula is C12H14O3. The van der Waals surface area contributed by atoms with E-state index in [4.69, 9.17) is 9.47 Å². The lowest BCUT2D eigenvalue weighted by Crippen LogP contribution is -1.96. The maximum Gasteiger partial charge on any atom is 0.200 e. The Hall–Kier alpha value is -1.90. The summed E-state index contributed by atoms with van der Waals surface area (Å²) < 4.78 is 10.5. The zero-order valence-corrected chi connectivity index (χ0v) is 8.48. The van der Waals surface area contributed by atoms with Gasteiger partial charge >= 0.3 is 0 Å². The lowest BCUT2D eigenvalue weighted by atomic mass is 10.3. The summed E-state index contributed by atoms with van der Waals surface area (Å²) in [5, 5.41) is 9.72. The van der Waals surface area contributed by atoms with Crippen LogP contribution in [-0.2, 0) is 0 Å². The van der Waals surface area contributed by atoms with E-state index in [1.165, 1.54) is 0 Å². The fraction of sp³-hybridized carbons (Fsp3) is 0.167. The van der Waals surface area contributed by atoms with Crippen molar-refractivity contribution >= 4 is 0 Å². The predicted octanol–water partition coefficient (Wildman–Crippen LogP) is 2.52. The number of ether oxygens (including phenoxy) is 2. The second-order valence-electron chi connectivity index (χ2n) is 2.80. The number of hydrogen-bond acceptors (Lipinski definition) is 3. The fourth-order valence-electron chi connectivity index (χ4n) is 1.03. The summed E-state index contributed by atoms with van der Waals surface area (Å²) in [7, 11) is 0. The van der Waals surface area contributed by atoms with Gasteiger partial charge in [0, 0.05) is 0 Å². The van der Waals surface area contributed by atoms with Crippen molar-refractivity contribution < 1.29 is 14.6 Å². The van der Waals surface area contributed by atoms with Crippen LogP contribution >= 0.6 is 0 Å². The number of phenols is 1. The van der Waals surface area contributed by atoms with E-state index in [0.717, 1.165) is 0 Å². The molecule has 0 aliphatic heterocycles. The van der Waals surface area contributed by atoms with E-state index in [-0.39, 0.29) is 5.75 Å². The van der Waals surface area contributed by atoms with Crippen LogP contribution in [0.4, 0.5) is 0 Å². The first kappa shape index (κ1) is 11.2. The Morgan fingerprint density at radius 1 is 1.07 bits per heavy atom. The molecule has 3 nitrogen and oxygen atoms in total. The van der Waals surface area contributed by atoms with E-state index in [1.54, 1.807) is 30.4 Å². The maximum absolute atomic E-state index is 9.72. The summed E-state index contributed by atoms with van der Waals surface area (Å²) in [6.45, 7) is 7.74. The quantitative estimate of drug-likeness (QED) is 0.727. The third-order valence-electron chi connectivity index (χ3n) is 1.68. The third kappa shape index (κ3) is 3.06. The van der Waals surface area contributed by atoms with Crippen molar-refractivity contribution in [1.29, 1.82) is 0 Å². The second kappa shape index (κ2) is 5.75. The Kier molecular flexibility index (Phi) is 4.29. The first-order chi connectivity index (χ1) is 7.29. The van der Waals surface area contributed by atoms with Crippen molar-refractivity contribution in [3.05, 3.63) is 43.5 Å². The summed E-state index contributed by atoms with van der Waals surface area (Å²) in [6.07, 6.45) is 3.22. The monoisotopic (exact) mass is 206 g/mol. The average molecular weight is 206 g/mol. The van der Waals surface area contributed by atoms with Gasteiger partial charge in [-0.25, -0.2) is 0 Å². The van der Waals surface area contributed by atoms with Crippen LogP contribution < -0.4 is 9.47 Å². The molecule has 15 heavy (non-hydrogen) atoms. The van der Waals surface area contributed by atoms with Gasteiger partial charge in [0.2, 0.25) is 5.75 Å². The minimum absolute atomic E-state index is 0.00111. The Bertz CT molecular complexity index is 314. The molecule has 1 rings (SSSR count). The van der Waals surface area contributed by atoms with Crippen LogP contribution in [0.25, 0.3) is 0 Å². The first-order valence-corrected chi connectivity index (χ1v) is 4.59. The van der Waals surface area contributed by atoms with Crippen molar-refractivity contribution in [2.45, 2.75) is 0 Å². The highest BCUT2D eigenvalue weighted by molar-refractivity contribution is 5.49. The van der Waals surface area contributed by atoms with Gasteiger partial charge in [-0.3, -0.25) is 0 Å². The van der Waals surface area contributed by atoms with Gasteiger partial charge < -0.3 is 14.6 Å². The molecule has 1 aromatic carbocycles. The lowest BCUT2D eigenvalue weighted by Gasteiger charge is -2.10. The first-order valence-electron chi connectivity index (χ1n) is 4.59. The van der Waals surface area contributed by atoms with Crippen LogP contribution in [0, 0.1) is 0 Å². The molecule has 0 atom stereocenters. The largest absolute Gasteiger partial charge is 0.502 e. The van der Waals surface area contributed by atoms with E-state index in [2.05, 4.69) is 13.2 Å². The fourth-order valence-corrected chi connectivity index (χ4v) is 1.03. The number of benzene rings is 1. The molecule has 1 N–H and O–H groups in total. The molecule has 0 bridgehead atoms. The molecule has 0 saturated carbocycles. The number of aromatic hydroxyl groups is 1. The van der Waals surface area contributed by atoms with Crippen LogP contribution in [0.2, 0.25) is 0 Å². The summed E-state index contributed by atoms with van der Waals surface area (Å²) in [6, 6.07) is 5.08. The van der Waals surface area contributed by atoms with Gasteiger partial charge in [0.1, 0.15) is 13.2 Å². The molecule has 3 heteroatoms. The van der Waals surface area contributed by atoms with Gasteiger partial charge in [-0.2, -0.15) is 0 Å². The second-order valence-corrected chi connectivity index (χ2v) is 2.80. The van der Waals surface area contributed by atoms with Crippen LogP contribution in [0.1, 0.15) is 0 Å². The van der Waals surface area contributed by atoms with Crippen molar-refractivity contribution in [1.82, 2.24) is 0 Å². The van der Waals surface area contributed by atoms with Crippen LogP contribution in [0.15, 0.2) is 43.5 Å². The van der Waals surface area contributed by atoms with Crippen molar-refractivity contribution in [2.75, 3.05) is 13.2 Å². The van der Waals surface area contributed by atoms with Gasteiger partial charge in [0.15, 0.2) is 11.5 Å². The molecule has 0 radical (unpaired) electrons. The van der Waals surface area contributed by atoms with Gasteiger partial charge in [-0.1, -0.05) is 31.4 Å². The van der Waals surface area contributed by atoms with Crippen LogP contribution in [0.5, 0.6) is 17.2 Å². The molecular weight excluding hydrogens is 192 g/mol. The SMILES string of the molecule is C=CCOc1cccc(OCC=C)c1O. The standard InChI is InChI=1S/C12H14O3/c1-3-8-14-10-6-5-7-11(12(10)13)15-9-4-2/h3-7,13H,1-2,8-9H2. The molecule has 0 heterocycles. The molecule has 0 aromatic heterocycles. The molecule has 0 unspecified atom stereocenters. The van der Waals surface area contributed by atoms with Crippen molar-refractivity contribution in [3.8, 4) is 17.2 Å². The molecule has 0 aliphatic rings. The Balaban J connectivity index is 2.79. The molecule has 0 fully saturated rings. The summed E-state index contributed by atoms with van der Waals surface area (Å²) >= 11 is 0. The Labute approximate surface area is 89.3 Å². The minimum Gasteiger partial charge on any atom is -0.502 e. The van der Waals surface area contributed by atoms with Gasteiger partial charge in [-0.15, -0.1) is 0 Å².